The van der Waals surface area contributed by atoms with Crippen LogP contribution in [-0.4, -0.2) is 101 Å². The van der Waals surface area contributed by atoms with E-state index in [0.29, 0.717) is 79.8 Å². The van der Waals surface area contributed by atoms with Crippen molar-refractivity contribution in [3.63, 3.8) is 0 Å². The summed E-state index contributed by atoms with van der Waals surface area (Å²) in [5.74, 6) is -0.767. The quantitative estimate of drug-likeness (QED) is 0.254. The number of pyridine rings is 1. The lowest BCUT2D eigenvalue weighted by molar-refractivity contribution is -0.145. The number of carbonyl (C=O) groups is 3. The number of aromatic nitrogens is 1. The fourth-order valence-corrected chi connectivity index (χ4v) is 8.60. The second-order valence-electron chi connectivity index (χ2n) is 14.3. The summed E-state index contributed by atoms with van der Waals surface area (Å²) in [4.78, 5) is 48.6. The number of piperidine rings is 1. The molecular weight excluding hydrogens is 719 g/mol. The van der Waals surface area contributed by atoms with Crippen LogP contribution in [0.1, 0.15) is 71.6 Å². The number of rotatable bonds is 11. The van der Waals surface area contributed by atoms with Gasteiger partial charge in [0.2, 0.25) is 5.91 Å². The van der Waals surface area contributed by atoms with Gasteiger partial charge < -0.3 is 19.6 Å². The third kappa shape index (κ3) is 7.40. The molecule has 2 aromatic carbocycles. The first kappa shape index (κ1) is 36.9. The largest absolute Gasteiger partial charge is 0.496 e. The molecule has 13 nitrogen and oxygen atoms in total. The van der Waals surface area contributed by atoms with Crippen LogP contribution in [-0.2, 0) is 20.4 Å². The molecule has 2 amide bonds. The van der Waals surface area contributed by atoms with E-state index in [1.54, 1.807) is 36.8 Å². The van der Waals surface area contributed by atoms with Crippen LogP contribution < -0.4 is 10.2 Å². The first-order valence-corrected chi connectivity index (χ1v) is 18.7. The number of carbonyl (C=O) groups excluding carboxylic acids is 2. The molecule has 1 aromatic heterocycles. The van der Waals surface area contributed by atoms with E-state index in [2.05, 4.69) is 30.7 Å². The maximum absolute atomic E-state index is 14.2. The Morgan fingerprint density at radius 1 is 0.962 bits per heavy atom. The second-order valence-corrected chi connectivity index (χ2v) is 15.1. The van der Waals surface area contributed by atoms with Gasteiger partial charge in [-0.1, -0.05) is 35.3 Å². The molecular formula is C38H42Cl2N8O5. The number of carboxylic acid groups (broad SMARTS) is 1. The van der Waals surface area contributed by atoms with Crippen molar-refractivity contribution < 1.29 is 24.2 Å². The van der Waals surface area contributed by atoms with Gasteiger partial charge in [-0.3, -0.25) is 24.8 Å². The highest BCUT2D eigenvalue weighted by atomic mass is 35.5. The molecule has 2 N–H and O–H groups in total. The Morgan fingerprint density at radius 2 is 1.75 bits per heavy atom. The zero-order valence-corrected chi connectivity index (χ0v) is 31.0. The standard InChI is InChI=1S/C38H42Cl2N8O5/c1-53-33-7-4-25(31-23-42-45-43-31)21-28(33)34(49)47-20-11-37(24-47,27-5-6-29(39)30(40)22-27)10-17-46-18-12-38(13-19-46,26-8-14-41-15-9-26)36(52)44-48-16-2-3-32(48)35(50)51/h4-9,14-15,21-23,31-32H,2-3,10-13,16-20,24H2,1H3,(H,44,52)(H,50,51). The maximum atomic E-state index is 14.2. The molecule has 0 aliphatic carbocycles. The minimum absolute atomic E-state index is 0.133. The van der Waals surface area contributed by atoms with E-state index in [9.17, 15) is 19.5 Å². The lowest BCUT2D eigenvalue weighted by Crippen LogP contribution is -2.57. The van der Waals surface area contributed by atoms with Crippen LogP contribution >= 0.6 is 23.2 Å². The van der Waals surface area contributed by atoms with Gasteiger partial charge in [0.25, 0.3) is 5.91 Å². The van der Waals surface area contributed by atoms with Crippen molar-refractivity contribution in [1.82, 2.24) is 25.2 Å². The van der Waals surface area contributed by atoms with Crippen LogP contribution in [0.3, 0.4) is 0 Å². The third-order valence-electron chi connectivity index (χ3n) is 11.5. The number of carboxylic acids is 1. The molecule has 7 rings (SSSR count). The molecule has 0 saturated carbocycles. The fourth-order valence-electron chi connectivity index (χ4n) is 8.31. The predicted molar refractivity (Wildman–Crippen MR) is 199 cm³/mol. The summed E-state index contributed by atoms with van der Waals surface area (Å²) in [6.07, 6.45) is 8.81. The number of ether oxygens (including phenoxy) is 1. The number of halogens is 2. The average Bonchev–Trinajstić information content (AvgIpc) is 3.98. The Kier molecular flexibility index (Phi) is 10.8. The number of nitrogens with one attached hydrogen (secondary N) is 1. The van der Waals surface area contributed by atoms with Gasteiger partial charge in [0.15, 0.2) is 0 Å². The monoisotopic (exact) mass is 760 g/mol. The van der Waals surface area contributed by atoms with Gasteiger partial charge in [-0.2, -0.15) is 5.11 Å². The summed E-state index contributed by atoms with van der Waals surface area (Å²) in [5.41, 5.74) is 4.91. The molecule has 4 aliphatic rings. The van der Waals surface area contributed by atoms with Crippen molar-refractivity contribution in [1.29, 1.82) is 0 Å². The van der Waals surface area contributed by atoms with Crippen molar-refractivity contribution in [2.75, 3.05) is 46.4 Å². The van der Waals surface area contributed by atoms with E-state index in [-0.39, 0.29) is 17.9 Å². The SMILES string of the molecule is COc1ccc(C2C=NN=N2)cc1C(=O)N1CCC(CCN2CCC(C(=O)NN3CCCC3C(=O)O)(c3ccncc3)CC2)(c2ccc(Cl)c(Cl)c2)C1. The molecule has 0 radical (unpaired) electrons. The zero-order chi connectivity index (χ0) is 37.2. The normalized spacial score (nSPS) is 24.1. The first-order valence-electron chi connectivity index (χ1n) is 17.9. The van der Waals surface area contributed by atoms with E-state index < -0.39 is 22.8 Å². The molecule has 3 saturated heterocycles. The average molecular weight is 762 g/mol. The topological polar surface area (TPSA) is 152 Å². The minimum atomic E-state index is -0.933. The van der Waals surface area contributed by atoms with Crippen molar-refractivity contribution in [2.24, 2.45) is 15.4 Å². The lowest BCUT2D eigenvalue weighted by atomic mass is 9.72. The predicted octanol–water partition coefficient (Wildman–Crippen LogP) is 5.68. The number of nitrogens with zero attached hydrogens (tertiary/aromatic N) is 7. The van der Waals surface area contributed by atoms with Crippen molar-refractivity contribution >= 4 is 47.2 Å². The number of likely N-dealkylation sites (tertiary alicyclic amines) is 2. The third-order valence-corrected chi connectivity index (χ3v) is 12.2. The molecule has 4 aliphatic heterocycles. The summed E-state index contributed by atoms with van der Waals surface area (Å²) in [6.45, 7) is 3.55. The van der Waals surface area contributed by atoms with Crippen LogP contribution in [0.4, 0.5) is 0 Å². The molecule has 5 heterocycles. The highest BCUT2D eigenvalue weighted by molar-refractivity contribution is 6.42. The number of hydrazine groups is 1. The van der Waals surface area contributed by atoms with Gasteiger partial charge in [0.05, 0.1) is 34.3 Å². The Hall–Kier alpha value is -4.43. The minimum Gasteiger partial charge on any atom is -0.496 e. The smallest absolute Gasteiger partial charge is 0.322 e. The van der Waals surface area contributed by atoms with E-state index in [1.807, 2.05) is 47.4 Å². The maximum Gasteiger partial charge on any atom is 0.322 e. The van der Waals surface area contributed by atoms with E-state index in [0.717, 1.165) is 36.1 Å². The van der Waals surface area contributed by atoms with Crippen molar-refractivity contribution in [3.05, 3.63) is 93.2 Å². The van der Waals surface area contributed by atoms with Gasteiger partial charge in [0.1, 0.15) is 17.8 Å². The van der Waals surface area contributed by atoms with Gasteiger partial charge >= 0.3 is 5.97 Å². The van der Waals surface area contributed by atoms with Crippen molar-refractivity contribution in [2.45, 2.75) is 61.4 Å². The molecule has 278 valence electrons. The number of hydrogen-bond acceptors (Lipinski definition) is 10. The van der Waals surface area contributed by atoms with Crippen LogP contribution in [0.25, 0.3) is 0 Å². The first-order chi connectivity index (χ1) is 25.6. The number of benzene rings is 2. The van der Waals surface area contributed by atoms with Crippen LogP contribution in [0.15, 0.2) is 76.4 Å². The van der Waals surface area contributed by atoms with Gasteiger partial charge in [0, 0.05) is 37.4 Å². The Balaban J connectivity index is 1.09. The molecule has 3 fully saturated rings. The molecule has 3 aromatic rings. The highest BCUT2D eigenvalue weighted by Gasteiger charge is 2.47. The Labute approximate surface area is 318 Å². The van der Waals surface area contributed by atoms with Crippen molar-refractivity contribution in [3.8, 4) is 5.75 Å². The summed E-state index contributed by atoms with van der Waals surface area (Å²) >= 11 is 12.9. The number of hydrogen-bond donors (Lipinski definition) is 2. The summed E-state index contributed by atoms with van der Waals surface area (Å²) < 4.78 is 5.62. The summed E-state index contributed by atoms with van der Waals surface area (Å²) in [6, 6.07) is 13.9. The van der Waals surface area contributed by atoms with E-state index >= 15 is 0 Å². The van der Waals surface area contributed by atoms with Gasteiger partial charge in [-0.25, -0.2) is 5.01 Å². The molecule has 53 heavy (non-hydrogen) atoms. The summed E-state index contributed by atoms with van der Waals surface area (Å²) in [5, 5.41) is 23.9. The fraction of sp³-hybridized carbons (Fsp3) is 0.447. The molecule has 15 heteroatoms. The number of aliphatic carboxylic acids is 1. The Bertz CT molecular complexity index is 1910. The highest BCUT2D eigenvalue weighted by Crippen LogP contribution is 2.43. The van der Waals surface area contributed by atoms with E-state index in [1.165, 1.54) is 0 Å². The van der Waals surface area contributed by atoms with Crippen LogP contribution in [0, 0.1) is 0 Å². The molecule has 0 spiro atoms. The zero-order valence-electron chi connectivity index (χ0n) is 29.5. The molecule has 3 unspecified atom stereocenters. The second kappa shape index (κ2) is 15.5. The summed E-state index contributed by atoms with van der Waals surface area (Å²) in [7, 11) is 1.55. The Morgan fingerprint density at radius 3 is 2.45 bits per heavy atom. The van der Waals surface area contributed by atoms with E-state index in [4.69, 9.17) is 27.9 Å². The molecule has 0 bridgehead atoms. The van der Waals surface area contributed by atoms with Gasteiger partial charge in [-0.05, 0) is 116 Å². The van der Waals surface area contributed by atoms with Gasteiger partial charge in [-0.15, -0.1) is 5.10 Å². The lowest BCUT2D eigenvalue weighted by Gasteiger charge is -2.43. The number of methoxy groups -OCH3 is 1. The van der Waals surface area contributed by atoms with Crippen LogP contribution in [0.2, 0.25) is 10.0 Å². The number of amides is 2. The molecule has 3 atom stereocenters. The van der Waals surface area contributed by atoms with Crippen LogP contribution in [0.5, 0.6) is 5.75 Å².